The molecule has 0 aliphatic heterocycles. The van der Waals surface area contributed by atoms with Crippen LogP contribution in [0.5, 0.6) is 5.75 Å². The molecule has 1 rings (SSSR count). The van der Waals surface area contributed by atoms with Gasteiger partial charge in [-0.3, -0.25) is 0 Å². The van der Waals surface area contributed by atoms with Crippen LogP contribution in [0.15, 0.2) is 24.3 Å². The van der Waals surface area contributed by atoms with Crippen molar-refractivity contribution in [2.75, 3.05) is 0 Å². The number of carbonyl (C=O) groups excluding carboxylic acids is 1. The van der Waals surface area contributed by atoms with Gasteiger partial charge in [0.05, 0.1) is 6.07 Å². The third kappa shape index (κ3) is 2.74. The maximum absolute atomic E-state index is 12.0. The van der Waals surface area contributed by atoms with Gasteiger partial charge in [0.1, 0.15) is 18.0 Å². The van der Waals surface area contributed by atoms with Gasteiger partial charge < -0.3 is 9.53 Å². The van der Waals surface area contributed by atoms with E-state index in [1.165, 1.54) is 18.2 Å². The maximum atomic E-state index is 12.0. The molecule has 0 saturated carbocycles. The summed E-state index contributed by atoms with van der Waals surface area (Å²) < 4.78 is 28.1. The summed E-state index contributed by atoms with van der Waals surface area (Å²) >= 11 is 0. The molecule has 0 unspecified atom stereocenters. The lowest BCUT2D eigenvalue weighted by Crippen LogP contribution is -2.07. The highest BCUT2D eigenvalue weighted by molar-refractivity contribution is 5.68. The van der Waals surface area contributed by atoms with Gasteiger partial charge >= 0.3 is 6.61 Å². The molecule has 0 spiro atoms. The highest BCUT2D eigenvalue weighted by Gasteiger charge is 2.16. The van der Waals surface area contributed by atoms with Gasteiger partial charge in [-0.1, -0.05) is 18.2 Å². The Bertz CT molecular complexity index is 387. The smallest absolute Gasteiger partial charge is 0.387 e. The Morgan fingerprint density at radius 1 is 1.40 bits per heavy atom. The Morgan fingerprint density at radius 3 is 2.60 bits per heavy atom. The topological polar surface area (TPSA) is 50.1 Å². The number of aldehydes is 1. The third-order valence-electron chi connectivity index (χ3n) is 1.75. The van der Waals surface area contributed by atoms with Crippen LogP contribution in [0.25, 0.3) is 0 Å². The number of alkyl halides is 2. The van der Waals surface area contributed by atoms with E-state index in [-0.39, 0.29) is 11.3 Å². The fourth-order valence-corrected chi connectivity index (χ4v) is 1.11. The number of hydrogen-bond acceptors (Lipinski definition) is 3. The first-order valence-corrected chi connectivity index (χ1v) is 4.07. The summed E-state index contributed by atoms with van der Waals surface area (Å²) in [6.07, 6.45) is 0.383. The molecule has 0 aromatic heterocycles. The Morgan fingerprint density at radius 2 is 2.07 bits per heavy atom. The van der Waals surface area contributed by atoms with Gasteiger partial charge in [0.15, 0.2) is 0 Å². The molecule has 0 saturated heterocycles. The summed E-state index contributed by atoms with van der Waals surface area (Å²) in [7, 11) is 0. The lowest BCUT2D eigenvalue weighted by atomic mass is 10.0. The zero-order valence-electron chi connectivity index (χ0n) is 7.56. The molecular weight excluding hydrogens is 204 g/mol. The van der Waals surface area contributed by atoms with Crippen LogP contribution in [0, 0.1) is 11.3 Å². The molecule has 0 fully saturated rings. The predicted molar refractivity (Wildman–Crippen MR) is 47.5 cm³/mol. The van der Waals surface area contributed by atoms with E-state index < -0.39 is 12.5 Å². The number of nitriles is 1. The van der Waals surface area contributed by atoms with Gasteiger partial charge in [-0.05, 0) is 6.07 Å². The van der Waals surface area contributed by atoms with Crippen molar-refractivity contribution in [2.24, 2.45) is 0 Å². The summed E-state index contributed by atoms with van der Waals surface area (Å²) in [4.78, 5) is 10.5. The van der Waals surface area contributed by atoms with Crippen molar-refractivity contribution in [3.8, 4) is 11.8 Å². The van der Waals surface area contributed by atoms with Crippen molar-refractivity contribution in [3.63, 3.8) is 0 Å². The Hall–Kier alpha value is -1.96. The van der Waals surface area contributed by atoms with Crippen molar-refractivity contribution in [2.45, 2.75) is 12.5 Å². The molecule has 0 heterocycles. The first-order chi connectivity index (χ1) is 7.19. The van der Waals surface area contributed by atoms with E-state index >= 15 is 0 Å². The number of halogens is 2. The van der Waals surface area contributed by atoms with Crippen LogP contribution in [0.3, 0.4) is 0 Å². The quantitative estimate of drug-likeness (QED) is 0.716. The maximum Gasteiger partial charge on any atom is 0.387 e. The molecule has 0 N–H and O–H groups in total. The minimum Gasteiger partial charge on any atom is -0.434 e. The van der Waals surface area contributed by atoms with Crippen molar-refractivity contribution < 1.29 is 18.3 Å². The van der Waals surface area contributed by atoms with Gasteiger partial charge in [-0.2, -0.15) is 14.0 Å². The molecule has 0 radical (unpaired) electrons. The SMILES string of the molecule is N#C[C@@H](C=O)c1ccccc1OC(F)F. The number of carbonyl (C=O) groups is 1. The first-order valence-electron chi connectivity index (χ1n) is 4.07. The molecule has 1 aromatic rings. The van der Waals surface area contributed by atoms with Gasteiger partial charge in [-0.15, -0.1) is 0 Å². The molecule has 0 aliphatic rings. The highest BCUT2D eigenvalue weighted by Crippen LogP contribution is 2.26. The Labute approximate surface area is 84.9 Å². The van der Waals surface area contributed by atoms with Crippen LogP contribution in [0.4, 0.5) is 8.78 Å². The monoisotopic (exact) mass is 211 g/mol. The molecule has 78 valence electrons. The van der Waals surface area contributed by atoms with Crippen LogP contribution in [0.2, 0.25) is 0 Å². The zero-order valence-corrected chi connectivity index (χ0v) is 7.56. The molecule has 15 heavy (non-hydrogen) atoms. The van der Waals surface area contributed by atoms with Crippen molar-refractivity contribution in [3.05, 3.63) is 29.8 Å². The summed E-state index contributed by atoms with van der Waals surface area (Å²) in [5.74, 6) is -1.23. The van der Waals surface area contributed by atoms with Gasteiger partial charge in [0.25, 0.3) is 0 Å². The lowest BCUT2D eigenvalue weighted by Gasteiger charge is -2.10. The fraction of sp³-hybridized carbons (Fsp3) is 0.200. The van der Waals surface area contributed by atoms with Crippen molar-refractivity contribution in [1.82, 2.24) is 0 Å². The van der Waals surface area contributed by atoms with Crippen LogP contribution >= 0.6 is 0 Å². The zero-order chi connectivity index (χ0) is 11.3. The molecule has 0 amide bonds. The summed E-state index contributed by atoms with van der Waals surface area (Å²) in [6.45, 7) is -2.97. The molecule has 3 nitrogen and oxygen atoms in total. The molecule has 5 heteroatoms. The van der Waals surface area contributed by atoms with Crippen LogP contribution in [-0.2, 0) is 4.79 Å². The van der Waals surface area contributed by atoms with E-state index in [0.29, 0.717) is 6.29 Å². The van der Waals surface area contributed by atoms with Gasteiger partial charge in [0.2, 0.25) is 0 Å². The number of nitrogens with zero attached hydrogens (tertiary/aromatic N) is 1. The number of rotatable bonds is 4. The first kappa shape index (κ1) is 11.1. The Kier molecular flexibility index (Phi) is 3.75. The minimum atomic E-state index is -2.97. The number of para-hydroxylation sites is 1. The number of hydrogen-bond donors (Lipinski definition) is 0. The third-order valence-corrected chi connectivity index (χ3v) is 1.75. The second kappa shape index (κ2) is 5.05. The molecule has 0 aliphatic carbocycles. The van der Waals surface area contributed by atoms with E-state index in [1.807, 2.05) is 0 Å². The second-order valence-electron chi connectivity index (χ2n) is 2.66. The molecule has 1 atom stereocenters. The average Bonchev–Trinajstić information content (AvgIpc) is 2.21. The van der Waals surface area contributed by atoms with E-state index in [1.54, 1.807) is 12.1 Å². The number of benzene rings is 1. The summed E-state index contributed by atoms with van der Waals surface area (Å²) in [6, 6.07) is 7.41. The molecule has 1 aromatic carbocycles. The number of ether oxygens (including phenoxy) is 1. The lowest BCUT2D eigenvalue weighted by molar-refractivity contribution is -0.108. The van der Waals surface area contributed by atoms with Crippen molar-refractivity contribution in [1.29, 1.82) is 5.26 Å². The Balaban J connectivity index is 3.06. The summed E-state index contributed by atoms with van der Waals surface area (Å²) in [5, 5.41) is 8.61. The van der Waals surface area contributed by atoms with Crippen LogP contribution in [0.1, 0.15) is 11.5 Å². The van der Waals surface area contributed by atoms with Gasteiger partial charge in [0, 0.05) is 5.56 Å². The van der Waals surface area contributed by atoms with Crippen molar-refractivity contribution >= 4 is 6.29 Å². The standard InChI is InChI=1S/C10H7F2NO2/c11-10(12)15-9-4-2-1-3-8(9)7(5-13)6-14/h1-4,6-7,10H/t7-/m0/s1. The highest BCUT2D eigenvalue weighted by atomic mass is 19.3. The summed E-state index contributed by atoms with van der Waals surface area (Å²) in [5.41, 5.74) is 0.148. The molecular formula is C10H7F2NO2. The minimum absolute atomic E-state index is 0.147. The van der Waals surface area contributed by atoms with E-state index in [2.05, 4.69) is 4.74 Å². The van der Waals surface area contributed by atoms with Gasteiger partial charge in [-0.25, -0.2) is 0 Å². The van der Waals surface area contributed by atoms with Crippen LogP contribution in [-0.4, -0.2) is 12.9 Å². The average molecular weight is 211 g/mol. The van der Waals surface area contributed by atoms with E-state index in [9.17, 15) is 13.6 Å². The largest absolute Gasteiger partial charge is 0.434 e. The normalized spacial score (nSPS) is 11.9. The van der Waals surface area contributed by atoms with Crippen LogP contribution < -0.4 is 4.74 Å². The van der Waals surface area contributed by atoms with E-state index in [0.717, 1.165) is 0 Å². The second-order valence-corrected chi connectivity index (χ2v) is 2.66. The predicted octanol–water partition coefficient (Wildman–Crippen LogP) is 2.09. The fourth-order valence-electron chi connectivity index (χ4n) is 1.11. The van der Waals surface area contributed by atoms with E-state index in [4.69, 9.17) is 5.26 Å². The molecule has 0 bridgehead atoms.